The van der Waals surface area contributed by atoms with Crippen LogP contribution in [-0.2, 0) is 24.0 Å². The summed E-state index contributed by atoms with van der Waals surface area (Å²) < 4.78 is 61.9. The minimum Gasteiger partial charge on any atom is -0.493 e. The molecule has 11 heteroatoms. The number of rotatable bonds is 15. The van der Waals surface area contributed by atoms with E-state index in [0.717, 1.165) is 5.56 Å². The van der Waals surface area contributed by atoms with Crippen LogP contribution in [-0.4, -0.2) is 88.8 Å². The molecule has 3 rings (SSSR count). The lowest BCUT2D eigenvalue weighted by Gasteiger charge is -2.39. The molecule has 3 unspecified atom stereocenters. The van der Waals surface area contributed by atoms with E-state index in [-0.39, 0.29) is 32.0 Å². The average molecular weight is 571 g/mol. The van der Waals surface area contributed by atoms with Crippen molar-refractivity contribution in [1.82, 2.24) is 0 Å². The van der Waals surface area contributed by atoms with Crippen LogP contribution in [0.2, 0.25) is 0 Å². The summed E-state index contributed by atoms with van der Waals surface area (Å²) in [5.41, 5.74) is 1.56. The number of hydrogen-bond acceptors (Lipinski definition) is 10. The van der Waals surface area contributed by atoms with Crippen LogP contribution in [0.1, 0.15) is 51.2 Å². The number of ether oxygens (including phenoxy) is 6. The first-order valence-corrected chi connectivity index (χ1v) is 15.0. The van der Waals surface area contributed by atoms with Crippen LogP contribution >= 0.6 is 0 Å². The highest BCUT2D eigenvalue weighted by atomic mass is 32.2. The number of hydrogen-bond donors (Lipinski definition) is 2. The predicted octanol–water partition coefficient (Wildman–Crippen LogP) is 3.11. The fourth-order valence-corrected chi connectivity index (χ4v) is 6.90. The van der Waals surface area contributed by atoms with E-state index < -0.39 is 32.7 Å². The standard InChI is InChI=1S/C28H42O10S/c1-6-13-36-28(37-14-7-12-29)11-10-20(17-26(28)39(31,32)18-19(2)30)22-8-9-23(38-22)21-15-24(33-3)27(35-5)25(16-21)34-4/h10-11,15-17,19,22-23,26,29-30H,6-9,12-14,18H2,1-5H3/t19?,22-,23-,26?,28?/m1/s1. The molecule has 0 spiro atoms. The summed E-state index contributed by atoms with van der Waals surface area (Å²) in [6.07, 6.45) is 5.71. The van der Waals surface area contributed by atoms with Crippen molar-refractivity contribution in [3.8, 4) is 17.2 Å². The maximum atomic E-state index is 13.5. The lowest BCUT2D eigenvalue weighted by molar-refractivity contribution is -0.201. The minimum absolute atomic E-state index is 0.0992. The number of aliphatic hydroxyl groups excluding tert-OH is 2. The fourth-order valence-electron chi connectivity index (χ4n) is 4.94. The van der Waals surface area contributed by atoms with Gasteiger partial charge in [0, 0.05) is 6.61 Å². The molecule has 1 fully saturated rings. The molecule has 2 aliphatic rings. The van der Waals surface area contributed by atoms with Crippen LogP contribution in [0.25, 0.3) is 0 Å². The first-order chi connectivity index (χ1) is 18.6. The molecule has 0 amide bonds. The summed E-state index contributed by atoms with van der Waals surface area (Å²) in [7, 11) is 0.753. The zero-order valence-electron chi connectivity index (χ0n) is 23.4. The second-order valence-electron chi connectivity index (χ2n) is 9.74. The average Bonchev–Trinajstić information content (AvgIpc) is 3.41. The van der Waals surface area contributed by atoms with Crippen LogP contribution in [0.4, 0.5) is 0 Å². The second kappa shape index (κ2) is 14.0. The third-order valence-corrected chi connectivity index (χ3v) is 8.91. The lowest BCUT2D eigenvalue weighted by atomic mass is 9.95. The van der Waals surface area contributed by atoms with Gasteiger partial charge >= 0.3 is 0 Å². The summed E-state index contributed by atoms with van der Waals surface area (Å²) in [5, 5.41) is 18.0. The summed E-state index contributed by atoms with van der Waals surface area (Å²) in [4.78, 5) is 0. The molecule has 0 saturated carbocycles. The Bertz CT molecular complexity index is 1090. The Labute approximate surface area is 231 Å². The van der Waals surface area contributed by atoms with Gasteiger partial charge in [-0.1, -0.05) is 19.1 Å². The lowest BCUT2D eigenvalue weighted by Crippen LogP contribution is -2.52. The Hall–Kier alpha value is -2.15. The van der Waals surface area contributed by atoms with E-state index in [1.807, 2.05) is 19.1 Å². The first-order valence-electron chi connectivity index (χ1n) is 13.3. The molecule has 1 saturated heterocycles. The smallest absolute Gasteiger partial charge is 0.209 e. The molecule has 39 heavy (non-hydrogen) atoms. The SMILES string of the molecule is CCCOC1(OCCCO)C=CC([C@H]2CC[C@H](c3cc(OC)c(OC)c(OC)c3)O2)=CC1S(=O)(=O)CC(C)O. The topological polar surface area (TPSA) is 130 Å². The Morgan fingerprint density at radius 1 is 1.05 bits per heavy atom. The molecule has 220 valence electrons. The summed E-state index contributed by atoms with van der Waals surface area (Å²) in [5.74, 6) is -0.477. The molecule has 1 heterocycles. The largest absolute Gasteiger partial charge is 0.493 e. The molecule has 2 N–H and O–H groups in total. The molecule has 0 bridgehead atoms. The van der Waals surface area contributed by atoms with Crippen molar-refractivity contribution in [2.75, 3.05) is 46.9 Å². The van der Waals surface area contributed by atoms with Gasteiger partial charge in [0.15, 0.2) is 21.3 Å². The maximum absolute atomic E-state index is 13.5. The molecule has 0 radical (unpaired) electrons. The molecule has 1 aliphatic heterocycles. The molecular formula is C28H42O10S. The third-order valence-electron chi connectivity index (χ3n) is 6.72. The quantitative estimate of drug-likeness (QED) is 0.240. The van der Waals surface area contributed by atoms with Crippen molar-refractivity contribution in [2.24, 2.45) is 0 Å². The van der Waals surface area contributed by atoms with Gasteiger partial charge in [0.05, 0.1) is 58.6 Å². The van der Waals surface area contributed by atoms with Gasteiger partial charge < -0.3 is 38.6 Å². The molecule has 5 atom stereocenters. The van der Waals surface area contributed by atoms with Crippen LogP contribution in [0, 0.1) is 0 Å². The van der Waals surface area contributed by atoms with Crippen LogP contribution in [0.5, 0.6) is 17.2 Å². The van der Waals surface area contributed by atoms with E-state index in [0.29, 0.717) is 48.5 Å². The fraction of sp³-hybridized carbons (Fsp3) is 0.643. The van der Waals surface area contributed by atoms with Gasteiger partial charge in [0.25, 0.3) is 0 Å². The molecule has 1 aliphatic carbocycles. The molecule has 1 aromatic rings. The summed E-state index contributed by atoms with van der Waals surface area (Å²) in [6.45, 7) is 3.64. The van der Waals surface area contributed by atoms with E-state index in [1.165, 1.54) is 6.92 Å². The van der Waals surface area contributed by atoms with Gasteiger partial charge in [-0.2, -0.15) is 0 Å². The van der Waals surface area contributed by atoms with Gasteiger partial charge in [-0.25, -0.2) is 8.42 Å². The van der Waals surface area contributed by atoms with Crippen molar-refractivity contribution in [3.05, 3.63) is 41.5 Å². The Kier molecular flexibility index (Phi) is 11.2. The van der Waals surface area contributed by atoms with E-state index >= 15 is 0 Å². The third kappa shape index (κ3) is 7.33. The summed E-state index contributed by atoms with van der Waals surface area (Å²) >= 11 is 0. The van der Waals surface area contributed by atoms with E-state index in [4.69, 9.17) is 28.4 Å². The zero-order chi connectivity index (χ0) is 28.6. The van der Waals surface area contributed by atoms with Crippen molar-refractivity contribution >= 4 is 9.84 Å². The highest BCUT2D eigenvalue weighted by molar-refractivity contribution is 7.92. The molecule has 10 nitrogen and oxygen atoms in total. The monoisotopic (exact) mass is 570 g/mol. The van der Waals surface area contributed by atoms with E-state index in [1.54, 1.807) is 39.6 Å². The molecular weight excluding hydrogens is 528 g/mol. The second-order valence-corrected chi connectivity index (χ2v) is 11.9. The minimum atomic E-state index is -3.90. The highest BCUT2D eigenvalue weighted by Crippen LogP contribution is 2.45. The number of aliphatic hydroxyl groups is 2. The molecule has 0 aromatic heterocycles. The van der Waals surface area contributed by atoms with Gasteiger partial charge in [-0.3, -0.25) is 0 Å². The van der Waals surface area contributed by atoms with Gasteiger partial charge in [-0.15, -0.1) is 0 Å². The van der Waals surface area contributed by atoms with Crippen LogP contribution in [0.3, 0.4) is 0 Å². The zero-order valence-corrected chi connectivity index (χ0v) is 24.2. The van der Waals surface area contributed by atoms with Gasteiger partial charge in [0.2, 0.25) is 11.5 Å². The Morgan fingerprint density at radius 3 is 2.26 bits per heavy atom. The normalized spacial score (nSPS) is 25.8. The summed E-state index contributed by atoms with van der Waals surface area (Å²) in [6, 6.07) is 3.71. The highest BCUT2D eigenvalue weighted by Gasteiger charge is 2.48. The Balaban J connectivity index is 1.93. The van der Waals surface area contributed by atoms with E-state index in [2.05, 4.69) is 0 Å². The van der Waals surface area contributed by atoms with Crippen molar-refractivity contribution < 1.29 is 47.1 Å². The first kappa shape index (κ1) is 31.4. The van der Waals surface area contributed by atoms with E-state index in [9.17, 15) is 18.6 Å². The molecule has 1 aromatic carbocycles. The number of sulfone groups is 1. The maximum Gasteiger partial charge on any atom is 0.209 e. The number of methoxy groups -OCH3 is 3. The van der Waals surface area contributed by atoms with Crippen LogP contribution in [0.15, 0.2) is 35.9 Å². The van der Waals surface area contributed by atoms with Gasteiger partial charge in [-0.05, 0) is 62.0 Å². The van der Waals surface area contributed by atoms with Crippen LogP contribution < -0.4 is 14.2 Å². The Morgan fingerprint density at radius 2 is 1.69 bits per heavy atom. The van der Waals surface area contributed by atoms with Crippen molar-refractivity contribution in [2.45, 2.75) is 68.9 Å². The van der Waals surface area contributed by atoms with Crippen molar-refractivity contribution in [1.29, 1.82) is 0 Å². The van der Waals surface area contributed by atoms with Gasteiger partial charge in [0.1, 0.15) is 5.25 Å². The number of benzene rings is 1. The van der Waals surface area contributed by atoms with Crippen molar-refractivity contribution in [3.63, 3.8) is 0 Å². The predicted molar refractivity (Wildman–Crippen MR) is 146 cm³/mol.